The van der Waals surface area contributed by atoms with Crippen molar-refractivity contribution >= 4 is 17.3 Å². The number of rotatable bonds is 3. The van der Waals surface area contributed by atoms with Gasteiger partial charge in [0.05, 0.1) is 17.4 Å². The number of aliphatic hydroxyl groups excluding tert-OH is 1. The maximum absolute atomic E-state index is 13.5. The van der Waals surface area contributed by atoms with E-state index >= 15 is 0 Å². The van der Waals surface area contributed by atoms with Gasteiger partial charge in [-0.3, -0.25) is 4.79 Å². The first kappa shape index (κ1) is 16.2. The summed E-state index contributed by atoms with van der Waals surface area (Å²) in [6.45, 7) is 3.72. The molecule has 1 fully saturated rings. The van der Waals surface area contributed by atoms with Crippen LogP contribution in [0.2, 0.25) is 0 Å². The van der Waals surface area contributed by atoms with Gasteiger partial charge in [-0.1, -0.05) is 0 Å². The molecule has 2 rings (SSSR count). The lowest BCUT2D eigenvalue weighted by Gasteiger charge is -2.32. The molecule has 1 aliphatic rings. The number of alkyl halides is 1. The van der Waals surface area contributed by atoms with E-state index in [1.54, 1.807) is 18.2 Å². The summed E-state index contributed by atoms with van der Waals surface area (Å²) in [5, 5.41) is 21.3. The Morgan fingerprint density at radius 1 is 1.45 bits per heavy atom. The molecule has 1 amide bonds. The van der Waals surface area contributed by atoms with E-state index < -0.39 is 11.6 Å². The van der Waals surface area contributed by atoms with E-state index in [4.69, 9.17) is 0 Å². The number of amides is 1. The molecule has 1 aliphatic heterocycles. The van der Waals surface area contributed by atoms with Crippen LogP contribution in [0.15, 0.2) is 18.2 Å². The SMILES string of the molecule is CC(C)(F)C(=O)Nc1ccc(N2CCC(O)CC2)c(C#N)c1. The second kappa shape index (κ2) is 6.32. The maximum Gasteiger partial charge on any atom is 0.261 e. The molecule has 0 aliphatic carbocycles. The Labute approximate surface area is 129 Å². The van der Waals surface area contributed by atoms with Crippen molar-refractivity contribution < 1.29 is 14.3 Å². The molecule has 0 aromatic heterocycles. The minimum absolute atomic E-state index is 0.285. The quantitative estimate of drug-likeness (QED) is 0.897. The van der Waals surface area contributed by atoms with Crippen LogP contribution in [0.25, 0.3) is 0 Å². The second-order valence-corrected chi connectivity index (χ2v) is 5.99. The summed E-state index contributed by atoms with van der Waals surface area (Å²) in [4.78, 5) is 13.7. The molecule has 0 saturated carbocycles. The predicted molar refractivity (Wildman–Crippen MR) is 82.4 cm³/mol. The van der Waals surface area contributed by atoms with E-state index in [0.717, 1.165) is 5.69 Å². The van der Waals surface area contributed by atoms with Crippen LogP contribution in [0.3, 0.4) is 0 Å². The van der Waals surface area contributed by atoms with Crippen molar-refractivity contribution in [2.45, 2.75) is 38.5 Å². The summed E-state index contributed by atoms with van der Waals surface area (Å²) in [6, 6.07) is 7.06. The Balaban J connectivity index is 2.18. The van der Waals surface area contributed by atoms with Crippen LogP contribution in [0, 0.1) is 11.3 Å². The number of nitriles is 1. The zero-order valence-corrected chi connectivity index (χ0v) is 12.8. The highest BCUT2D eigenvalue weighted by atomic mass is 19.1. The van der Waals surface area contributed by atoms with Gasteiger partial charge < -0.3 is 15.3 Å². The number of nitrogens with zero attached hydrogens (tertiary/aromatic N) is 2. The van der Waals surface area contributed by atoms with E-state index in [-0.39, 0.29) is 6.10 Å². The highest BCUT2D eigenvalue weighted by Gasteiger charge is 2.27. The molecule has 0 bridgehead atoms. The predicted octanol–water partition coefficient (Wildman–Crippen LogP) is 2.21. The molecular formula is C16H20FN3O2. The van der Waals surface area contributed by atoms with Crippen molar-refractivity contribution in [3.63, 3.8) is 0 Å². The lowest BCUT2D eigenvalue weighted by Crippen LogP contribution is -2.36. The van der Waals surface area contributed by atoms with E-state index in [0.29, 0.717) is 37.2 Å². The van der Waals surface area contributed by atoms with Crippen molar-refractivity contribution in [2.24, 2.45) is 0 Å². The number of piperidine rings is 1. The van der Waals surface area contributed by atoms with Gasteiger partial charge in [0.2, 0.25) is 0 Å². The van der Waals surface area contributed by atoms with Gasteiger partial charge in [0.25, 0.3) is 5.91 Å². The Kier molecular flexibility index (Phi) is 4.67. The Hall–Kier alpha value is -2.13. The third-order valence-electron chi connectivity index (χ3n) is 3.72. The molecule has 1 aromatic rings. The zero-order chi connectivity index (χ0) is 16.3. The number of carbonyl (C=O) groups is 1. The molecule has 2 N–H and O–H groups in total. The van der Waals surface area contributed by atoms with Crippen molar-refractivity contribution in [2.75, 3.05) is 23.3 Å². The molecule has 0 spiro atoms. The van der Waals surface area contributed by atoms with Crippen LogP contribution in [0.1, 0.15) is 32.3 Å². The number of halogens is 1. The smallest absolute Gasteiger partial charge is 0.261 e. The highest BCUT2D eigenvalue weighted by molar-refractivity contribution is 5.97. The summed E-state index contributed by atoms with van der Waals surface area (Å²) < 4.78 is 13.5. The number of benzene rings is 1. The van der Waals surface area contributed by atoms with E-state index in [1.807, 2.05) is 4.90 Å². The average Bonchev–Trinajstić information content (AvgIpc) is 2.47. The summed E-state index contributed by atoms with van der Waals surface area (Å²) in [6.07, 6.45) is 1.05. The molecule has 1 saturated heterocycles. The van der Waals surface area contributed by atoms with Crippen LogP contribution >= 0.6 is 0 Å². The standard InChI is InChI=1S/C16H20FN3O2/c1-16(2,17)15(22)19-12-3-4-14(11(9-12)10-18)20-7-5-13(21)6-8-20/h3-4,9,13,21H,5-8H2,1-2H3,(H,19,22). The molecular weight excluding hydrogens is 285 g/mol. The van der Waals surface area contributed by atoms with Crippen molar-refractivity contribution in [1.82, 2.24) is 0 Å². The first-order chi connectivity index (χ1) is 10.3. The summed E-state index contributed by atoms with van der Waals surface area (Å²) >= 11 is 0. The lowest BCUT2D eigenvalue weighted by molar-refractivity contribution is -0.125. The minimum Gasteiger partial charge on any atom is -0.393 e. The van der Waals surface area contributed by atoms with Crippen molar-refractivity contribution in [1.29, 1.82) is 5.26 Å². The van der Waals surface area contributed by atoms with Crippen LogP contribution in [-0.4, -0.2) is 35.9 Å². The Morgan fingerprint density at radius 2 is 2.09 bits per heavy atom. The van der Waals surface area contributed by atoms with Crippen LogP contribution in [-0.2, 0) is 4.79 Å². The Bertz CT molecular complexity index is 596. The van der Waals surface area contributed by atoms with Crippen LogP contribution in [0.5, 0.6) is 0 Å². The molecule has 1 aromatic carbocycles. The largest absolute Gasteiger partial charge is 0.393 e. The fourth-order valence-electron chi connectivity index (χ4n) is 2.37. The molecule has 22 heavy (non-hydrogen) atoms. The summed E-state index contributed by atoms with van der Waals surface area (Å²) in [7, 11) is 0. The van der Waals surface area contributed by atoms with Gasteiger partial charge in [-0.15, -0.1) is 0 Å². The molecule has 6 heteroatoms. The van der Waals surface area contributed by atoms with Gasteiger partial charge >= 0.3 is 0 Å². The van der Waals surface area contributed by atoms with Gasteiger partial charge in [-0.2, -0.15) is 5.26 Å². The molecule has 1 heterocycles. The van der Waals surface area contributed by atoms with E-state index in [1.165, 1.54) is 13.8 Å². The highest BCUT2D eigenvalue weighted by Crippen LogP contribution is 2.27. The normalized spacial score (nSPS) is 16.2. The monoisotopic (exact) mass is 305 g/mol. The topological polar surface area (TPSA) is 76.4 Å². The van der Waals surface area contributed by atoms with Crippen LogP contribution in [0.4, 0.5) is 15.8 Å². The second-order valence-electron chi connectivity index (χ2n) is 5.99. The van der Waals surface area contributed by atoms with Gasteiger partial charge in [0.15, 0.2) is 5.67 Å². The number of carbonyl (C=O) groups excluding carboxylic acids is 1. The average molecular weight is 305 g/mol. The van der Waals surface area contributed by atoms with Crippen LogP contribution < -0.4 is 10.2 Å². The van der Waals surface area contributed by atoms with Crippen molar-refractivity contribution in [3.8, 4) is 6.07 Å². The van der Waals surface area contributed by atoms with Gasteiger partial charge in [-0.25, -0.2) is 4.39 Å². The molecule has 118 valence electrons. The molecule has 0 atom stereocenters. The number of anilines is 2. The minimum atomic E-state index is -1.98. The lowest BCUT2D eigenvalue weighted by atomic mass is 10.0. The third kappa shape index (κ3) is 3.74. The molecule has 0 unspecified atom stereocenters. The van der Waals surface area contributed by atoms with E-state index in [2.05, 4.69) is 11.4 Å². The number of hydrogen-bond donors (Lipinski definition) is 2. The first-order valence-electron chi connectivity index (χ1n) is 7.29. The van der Waals surface area contributed by atoms with E-state index in [9.17, 15) is 19.6 Å². The zero-order valence-electron chi connectivity index (χ0n) is 12.8. The third-order valence-corrected chi connectivity index (χ3v) is 3.72. The number of nitrogens with one attached hydrogen (secondary N) is 1. The maximum atomic E-state index is 13.5. The van der Waals surface area contributed by atoms with Gasteiger partial charge in [-0.05, 0) is 44.9 Å². The number of hydrogen-bond acceptors (Lipinski definition) is 4. The van der Waals surface area contributed by atoms with Gasteiger partial charge in [0, 0.05) is 18.8 Å². The fourth-order valence-corrected chi connectivity index (χ4v) is 2.37. The Morgan fingerprint density at radius 3 is 2.64 bits per heavy atom. The summed E-state index contributed by atoms with van der Waals surface area (Å²) in [5.41, 5.74) is -0.389. The molecule has 0 radical (unpaired) electrons. The van der Waals surface area contributed by atoms with Crippen molar-refractivity contribution in [3.05, 3.63) is 23.8 Å². The first-order valence-corrected chi connectivity index (χ1v) is 7.29. The fraction of sp³-hybridized carbons (Fsp3) is 0.500. The summed E-state index contributed by atoms with van der Waals surface area (Å²) in [5.74, 6) is -0.745. The number of aliphatic hydroxyl groups is 1. The molecule has 5 nitrogen and oxygen atoms in total. The van der Waals surface area contributed by atoms with Gasteiger partial charge in [0.1, 0.15) is 6.07 Å².